The molecule has 32 heavy (non-hydrogen) atoms. The molecule has 0 aliphatic rings. The fourth-order valence-electron chi connectivity index (χ4n) is 3.06. The number of alkyl halides is 3. The molecular formula is C21H19F4N5O2. The maximum absolute atomic E-state index is 13.7. The Morgan fingerprint density at radius 1 is 1.06 bits per heavy atom. The topological polar surface area (TPSA) is 80.1 Å². The molecule has 3 rings (SSSR count). The van der Waals surface area contributed by atoms with Crippen LogP contribution in [-0.4, -0.2) is 44.8 Å². The van der Waals surface area contributed by atoms with Crippen molar-refractivity contribution in [3.05, 3.63) is 71.3 Å². The molecule has 2 amide bonds. The first-order valence-corrected chi connectivity index (χ1v) is 9.65. The summed E-state index contributed by atoms with van der Waals surface area (Å²) in [7, 11) is 0. The third kappa shape index (κ3) is 4.76. The van der Waals surface area contributed by atoms with Gasteiger partial charge in [0, 0.05) is 24.3 Å². The summed E-state index contributed by atoms with van der Waals surface area (Å²) in [6.07, 6.45) is -4.98. The minimum absolute atomic E-state index is 0.166. The Morgan fingerprint density at radius 3 is 2.28 bits per heavy atom. The maximum atomic E-state index is 13.7. The van der Waals surface area contributed by atoms with E-state index in [1.807, 2.05) is 13.8 Å². The van der Waals surface area contributed by atoms with E-state index in [0.717, 1.165) is 12.1 Å². The molecule has 3 aromatic rings. The highest BCUT2D eigenvalue weighted by Crippen LogP contribution is 2.33. The predicted octanol–water partition coefficient (Wildman–Crippen LogP) is 4.16. The number of carbonyl (C=O) groups is 2. The molecule has 2 aromatic carbocycles. The molecular weight excluding hydrogens is 430 g/mol. The standard InChI is InChI=1S/C21H19F4N5O2/c1-3-29(4-2)20(32)13-8-10-15(11-9-13)26-19(31)17-18(21(23,24)25)30(28-27-17)16-7-5-6-14(22)12-16/h5-12H,3-4H2,1-2H3,(H,26,31). The molecule has 0 saturated carbocycles. The highest BCUT2D eigenvalue weighted by molar-refractivity contribution is 6.04. The Bertz CT molecular complexity index is 1120. The van der Waals surface area contributed by atoms with Crippen molar-refractivity contribution in [1.29, 1.82) is 0 Å². The summed E-state index contributed by atoms with van der Waals surface area (Å²) in [5.74, 6) is -2.12. The number of carbonyl (C=O) groups excluding carboxylic acids is 2. The number of nitrogens with one attached hydrogen (secondary N) is 1. The molecule has 0 unspecified atom stereocenters. The quantitative estimate of drug-likeness (QED) is 0.573. The van der Waals surface area contributed by atoms with Crippen molar-refractivity contribution in [2.75, 3.05) is 18.4 Å². The van der Waals surface area contributed by atoms with Gasteiger partial charge in [0.2, 0.25) is 0 Å². The summed E-state index contributed by atoms with van der Waals surface area (Å²) in [5.41, 5.74) is -2.10. The molecule has 0 spiro atoms. The number of nitrogens with zero attached hydrogens (tertiary/aromatic N) is 4. The lowest BCUT2D eigenvalue weighted by molar-refractivity contribution is -0.143. The van der Waals surface area contributed by atoms with Crippen LogP contribution in [0.5, 0.6) is 0 Å². The van der Waals surface area contributed by atoms with Gasteiger partial charge in [0.05, 0.1) is 5.69 Å². The van der Waals surface area contributed by atoms with Crippen LogP contribution in [0.3, 0.4) is 0 Å². The van der Waals surface area contributed by atoms with Crippen LogP contribution in [0.2, 0.25) is 0 Å². The van der Waals surface area contributed by atoms with Crippen LogP contribution < -0.4 is 5.32 Å². The Labute approximate surface area is 180 Å². The molecule has 1 N–H and O–H groups in total. The van der Waals surface area contributed by atoms with Crippen LogP contribution in [0.1, 0.15) is 40.4 Å². The van der Waals surface area contributed by atoms with Gasteiger partial charge in [-0.05, 0) is 56.3 Å². The van der Waals surface area contributed by atoms with Gasteiger partial charge in [0.1, 0.15) is 5.82 Å². The van der Waals surface area contributed by atoms with Crippen LogP contribution in [-0.2, 0) is 6.18 Å². The van der Waals surface area contributed by atoms with E-state index < -0.39 is 29.3 Å². The second-order valence-electron chi connectivity index (χ2n) is 6.69. The van der Waals surface area contributed by atoms with Crippen molar-refractivity contribution in [2.24, 2.45) is 0 Å². The van der Waals surface area contributed by atoms with E-state index in [1.165, 1.54) is 36.4 Å². The zero-order valence-electron chi connectivity index (χ0n) is 17.2. The van der Waals surface area contributed by atoms with Gasteiger partial charge in [-0.3, -0.25) is 9.59 Å². The molecule has 7 nitrogen and oxygen atoms in total. The van der Waals surface area contributed by atoms with Gasteiger partial charge >= 0.3 is 6.18 Å². The lowest BCUT2D eigenvalue weighted by Gasteiger charge is -2.18. The average molecular weight is 449 g/mol. The van der Waals surface area contributed by atoms with E-state index in [1.54, 1.807) is 4.90 Å². The van der Waals surface area contributed by atoms with Crippen LogP contribution >= 0.6 is 0 Å². The number of aromatic nitrogens is 3. The highest BCUT2D eigenvalue weighted by atomic mass is 19.4. The van der Waals surface area contributed by atoms with Crippen molar-refractivity contribution in [3.8, 4) is 5.69 Å². The summed E-state index contributed by atoms with van der Waals surface area (Å²) in [6.45, 7) is 4.72. The van der Waals surface area contributed by atoms with E-state index in [9.17, 15) is 27.2 Å². The van der Waals surface area contributed by atoms with Crippen LogP contribution in [0, 0.1) is 5.82 Å². The minimum atomic E-state index is -4.98. The Balaban J connectivity index is 1.88. The van der Waals surface area contributed by atoms with Crippen molar-refractivity contribution >= 4 is 17.5 Å². The minimum Gasteiger partial charge on any atom is -0.339 e. The fourth-order valence-corrected chi connectivity index (χ4v) is 3.06. The zero-order chi connectivity index (χ0) is 23.5. The second-order valence-corrected chi connectivity index (χ2v) is 6.69. The third-order valence-electron chi connectivity index (χ3n) is 4.65. The molecule has 0 aliphatic heterocycles. The normalized spacial score (nSPS) is 11.3. The predicted molar refractivity (Wildman–Crippen MR) is 108 cm³/mol. The van der Waals surface area contributed by atoms with E-state index in [4.69, 9.17) is 0 Å². The maximum Gasteiger partial charge on any atom is 0.435 e. The number of anilines is 1. The van der Waals surface area contributed by atoms with E-state index >= 15 is 0 Å². The van der Waals surface area contributed by atoms with E-state index in [0.29, 0.717) is 23.3 Å². The Kier molecular flexibility index (Phi) is 6.56. The molecule has 0 fully saturated rings. The van der Waals surface area contributed by atoms with Crippen molar-refractivity contribution in [3.63, 3.8) is 0 Å². The zero-order valence-corrected chi connectivity index (χ0v) is 17.2. The molecule has 0 atom stereocenters. The lowest BCUT2D eigenvalue weighted by atomic mass is 10.1. The van der Waals surface area contributed by atoms with Crippen molar-refractivity contribution in [1.82, 2.24) is 19.9 Å². The van der Waals surface area contributed by atoms with Crippen molar-refractivity contribution in [2.45, 2.75) is 20.0 Å². The van der Waals surface area contributed by atoms with Crippen LogP contribution in [0.4, 0.5) is 23.2 Å². The summed E-state index contributed by atoms with van der Waals surface area (Å²) >= 11 is 0. The number of hydrogen-bond donors (Lipinski definition) is 1. The first-order valence-electron chi connectivity index (χ1n) is 9.65. The molecule has 168 valence electrons. The van der Waals surface area contributed by atoms with Gasteiger partial charge in [-0.2, -0.15) is 13.2 Å². The third-order valence-corrected chi connectivity index (χ3v) is 4.65. The van der Waals surface area contributed by atoms with Gasteiger partial charge in [0.25, 0.3) is 11.8 Å². The fraction of sp³-hybridized carbons (Fsp3) is 0.238. The SMILES string of the molecule is CCN(CC)C(=O)c1ccc(NC(=O)c2nnn(-c3cccc(F)c3)c2C(F)(F)F)cc1. The smallest absolute Gasteiger partial charge is 0.339 e. The number of rotatable bonds is 6. The average Bonchev–Trinajstić information content (AvgIpc) is 3.21. The number of halogens is 4. The Morgan fingerprint density at radius 2 is 1.72 bits per heavy atom. The molecule has 11 heteroatoms. The van der Waals surface area contributed by atoms with Gasteiger partial charge < -0.3 is 10.2 Å². The van der Waals surface area contributed by atoms with Crippen LogP contribution in [0.15, 0.2) is 48.5 Å². The second kappa shape index (κ2) is 9.16. The molecule has 0 radical (unpaired) electrons. The molecule has 0 bridgehead atoms. The summed E-state index contributed by atoms with van der Waals surface area (Å²) in [4.78, 5) is 26.5. The monoisotopic (exact) mass is 449 g/mol. The first kappa shape index (κ1) is 22.9. The molecule has 0 aliphatic carbocycles. The molecule has 1 heterocycles. The van der Waals surface area contributed by atoms with Gasteiger partial charge in [-0.25, -0.2) is 9.07 Å². The highest BCUT2D eigenvalue weighted by Gasteiger charge is 2.42. The van der Waals surface area contributed by atoms with E-state index in [2.05, 4.69) is 15.6 Å². The van der Waals surface area contributed by atoms with Gasteiger partial charge in [-0.1, -0.05) is 11.3 Å². The van der Waals surface area contributed by atoms with Gasteiger partial charge in [-0.15, -0.1) is 5.10 Å². The first-order chi connectivity index (χ1) is 15.2. The Hall–Kier alpha value is -3.76. The van der Waals surface area contributed by atoms with Gasteiger partial charge in [0.15, 0.2) is 11.4 Å². The summed E-state index contributed by atoms with van der Waals surface area (Å²) < 4.78 is 54.9. The number of benzene rings is 2. The summed E-state index contributed by atoms with van der Waals surface area (Å²) in [6, 6.07) is 10.1. The summed E-state index contributed by atoms with van der Waals surface area (Å²) in [5, 5.41) is 9.09. The molecule has 0 saturated heterocycles. The molecule has 1 aromatic heterocycles. The lowest BCUT2D eigenvalue weighted by Crippen LogP contribution is -2.30. The van der Waals surface area contributed by atoms with Crippen molar-refractivity contribution < 1.29 is 27.2 Å². The van der Waals surface area contributed by atoms with E-state index in [-0.39, 0.29) is 17.3 Å². The largest absolute Gasteiger partial charge is 0.435 e. The number of hydrogen-bond acceptors (Lipinski definition) is 4. The van der Waals surface area contributed by atoms with Crippen LogP contribution in [0.25, 0.3) is 5.69 Å². The number of amides is 2.